The molecule has 0 bridgehead atoms. The molecule has 0 atom stereocenters. The van der Waals surface area contributed by atoms with E-state index in [4.69, 9.17) is 0 Å². The summed E-state index contributed by atoms with van der Waals surface area (Å²) in [6, 6.07) is 7.43. The lowest BCUT2D eigenvalue weighted by Gasteiger charge is -2.29. The normalized spacial score (nSPS) is 21.3. The first-order chi connectivity index (χ1) is 9.68. The molecule has 0 amide bonds. The van der Waals surface area contributed by atoms with Crippen LogP contribution in [0.1, 0.15) is 32.1 Å². The van der Waals surface area contributed by atoms with Gasteiger partial charge in [-0.2, -0.15) is 4.31 Å². The maximum absolute atomic E-state index is 12.4. The fourth-order valence-electron chi connectivity index (χ4n) is 3.06. The lowest BCUT2D eigenvalue weighted by molar-refractivity contribution is 0.477. The van der Waals surface area contributed by atoms with Crippen molar-refractivity contribution in [3.63, 3.8) is 0 Å². The summed E-state index contributed by atoms with van der Waals surface area (Å²) >= 11 is 0. The van der Waals surface area contributed by atoms with E-state index in [1.807, 2.05) is 12.1 Å². The SMILES string of the molecule is O=S(=O)(c1ccc(N2CCCCC2)cc1)N1CCCC1. The van der Waals surface area contributed by atoms with E-state index in [1.165, 1.54) is 19.3 Å². The minimum absolute atomic E-state index is 0.431. The summed E-state index contributed by atoms with van der Waals surface area (Å²) in [6.07, 6.45) is 5.72. The minimum atomic E-state index is -3.27. The Balaban J connectivity index is 1.78. The van der Waals surface area contributed by atoms with Gasteiger partial charge in [0.05, 0.1) is 4.90 Å². The molecule has 2 heterocycles. The summed E-state index contributed by atoms with van der Waals surface area (Å²) in [5.74, 6) is 0. The van der Waals surface area contributed by atoms with Gasteiger partial charge in [-0.3, -0.25) is 0 Å². The van der Waals surface area contributed by atoms with Crippen LogP contribution in [0.4, 0.5) is 5.69 Å². The quantitative estimate of drug-likeness (QED) is 0.860. The molecule has 0 saturated carbocycles. The van der Waals surface area contributed by atoms with Crippen LogP contribution in [-0.4, -0.2) is 38.9 Å². The Kier molecular flexibility index (Phi) is 3.98. The molecule has 0 radical (unpaired) electrons. The number of hydrogen-bond donors (Lipinski definition) is 0. The highest BCUT2D eigenvalue weighted by Gasteiger charge is 2.27. The Morgan fingerprint density at radius 2 is 1.30 bits per heavy atom. The van der Waals surface area contributed by atoms with Crippen molar-refractivity contribution >= 4 is 15.7 Å². The first-order valence-corrected chi connectivity index (χ1v) is 8.97. The number of hydrogen-bond acceptors (Lipinski definition) is 3. The van der Waals surface area contributed by atoms with Crippen LogP contribution in [0.2, 0.25) is 0 Å². The first-order valence-electron chi connectivity index (χ1n) is 7.53. The Morgan fingerprint density at radius 3 is 1.90 bits per heavy atom. The summed E-state index contributed by atoms with van der Waals surface area (Å²) in [7, 11) is -3.27. The molecule has 3 rings (SSSR count). The van der Waals surface area contributed by atoms with Gasteiger partial charge in [-0.1, -0.05) is 0 Å². The second-order valence-corrected chi connectivity index (χ2v) is 7.59. The predicted octanol–water partition coefficient (Wildman–Crippen LogP) is 2.46. The van der Waals surface area contributed by atoms with Gasteiger partial charge in [0.25, 0.3) is 0 Å². The van der Waals surface area contributed by atoms with Crippen molar-refractivity contribution in [3.8, 4) is 0 Å². The second kappa shape index (κ2) is 5.74. The monoisotopic (exact) mass is 294 g/mol. The van der Waals surface area contributed by atoms with Crippen LogP contribution < -0.4 is 4.90 Å². The molecule has 110 valence electrons. The molecule has 0 aliphatic carbocycles. The van der Waals surface area contributed by atoms with Crippen molar-refractivity contribution in [2.45, 2.75) is 37.0 Å². The standard InChI is InChI=1S/C15H22N2O2S/c18-20(19,17-12-4-5-13-17)15-8-6-14(7-9-15)16-10-2-1-3-11-16/h6-9H,1-5,10-13H2. The smallest absolute Gasteiger partial charge is 0.243 e. The first kappa shape index (κ1) is 13.9. The third-order valence-corrected chi connectivity index (χ3v) is 6.17. The van der Waals surface area contributed by atoms with Crippen molar-refractivity contribution in [2.75, 3.05) is 31.1 Å². The van der Waals surface area contributed by atoms with E-state index in [9.17, 15) is 8.42 Å². The van der Waals surface area contributed by atoms with Crippen LogP contribution in [0.15, 0.2) is 29.2 Å². The fourth-order valence-corrected chi connectivity index (χ4v) is 4.58. The number of piperidine rings is 1. The van der Waals surface area contributed by atoms with Crippen molar-refractivity contribution in [1.29, 1.82) is 0 Å². The Morgan fingerprint density at radius 1 is 0.750 bits per heavy atom. The second-order valence-electron chi connectivity index (χ2n) is 5.65. The lowest BCUT2D eigenvalue weighted by Crippen LogP contribution is -2.30. The number of rotatable bonds is 3. The van der Waals surface area contributed by atoms with Crippen LogP contribution >= 0.6 is 0 Å². The Labute approximate surface area is 121 Å². The third-order valence-electron chi connectivity index (χ3n) is 4.26. The molecule has 0 spiro atoms. The van der Waals surface area contributed by atoms with Gasteiger partial charge in [-0.25, -0.2) is 8.42 Å². The molecule has 2 aliphatic rings. The van der Waals surface area contributed by atoms with Crippen molar-refractivity contribution < 1.29 is 8.42 Å². The van der Waals surface area contributed by atoms with Gasteiger partial charge in [0.15, 0.2) is 0 Å². The lowest BCUT2D eigenvalue weighted by atomic mass is 10.1. The van der Waals surface area contributed by atoms with E-state index in [0.29, 0.717) is 18.0 Å². The fraction of sp³-hybridized carbons (Fsp3) is 0.600. The zero-order valence-electron chi connectivity index (χ0n) is 11.8. The molecule has 0 unspecified atom stereocenters. The molecule has 0 N–H and O–H groups in total. The van der Waals surface area contributed by atoms with Gasteiger partial charge in [-0.05, 0) is 56.4 Å². The van der Waals surface area contributed by atoms with E-state index < -0.39 is 10.0 Å². The van der Waals surface area contributed by atoms with Gasteiger partial charge in [0.2, 0.25) is 10.0 Å². The largest absolute Gasteiger partial charge is 0.372 e. The highest BCUT2D eigenvalue weighted by atomic mass is 32.2. The van der Waals surface area contributed by atoms with Crippen LogP contribution in [0, 0.1) is 0 Å². The molecule has 5 heteroatoms. The predicted molar refractivity (Wildman–Crippen MR) is 80.5 cm³/mol. The van der Waals surface area contributed by atoms with Crippen molar-refractivity contribution in [2.24, 2.45) is 0 Å². The number of sulfonamides is 1. The van der Waals surface area contributed by atoms with Crippen molar-refractivity contribution in [1.82, 2.24) is 4.31 Å². The maximum Gasteiger partial charge on any atom is 0.243 e. The van der Waals surface area contributed by atoms with Gasteiger partial charge in [-0.15, -0.1) is 0 Å². The number of benzene rings is 1. The summed E-state index contributed by atoms with van der Waals surface area (Å²) in [5, 5.41) is 0. The molecule has 2 fully saturated rings. The molecule has 1 aromatic rings. The maximum atomic E-state index is 12.4. The topological polar surface area (TPSA) is 40.6 Å². The zero-order chi connectivity index (χ0) is 14.0. The molecular weight excluding hydrogens is 272 g/mol. The molecule has 2 aliphatic heterocycles. The van der Waals surface area contributed by atoms with Crippen molar-refractivity contribution in [3.05, 3.63) is 24.3 Å². The van der Waals surface area contributed by atoms with Crippen LogP contribution in [-0.2, 0) is 10.0 Å². The van der Waals surface area contributed by atoms with E-state index in [1.54, 1.807) is 16.4 Å². The summed E-state index contributed by atoms with van der Waals surface area (Å²) < 4.78 is 26.5. The molecule has 20 heavy (non-hydrogen) atoms. The van der Waals surface area contributed by atoms with Gasteiger partial charge >= 0.3 is 0 Å². The molecule has 0 aromatic heterocycles. The number of nitrogens with zero attached hydrogens (tertiary/aromatic N) is 2. The average Bonchev–Trinajstić information content (AvgIpc) is 3.03. The van der Waals surface area contributed by atoms with Gasteiger partial charge in [0, 0.05) is 31.9 Å². The highest BCUT2D eigenvalue weighted by molar-refractivity contribution is 7.89. The van der Waals surface area contributed by atoms with Gasteiger partial charge < -0.3 is 4.90 Å². The molecule has 1 aromatic carbocycles. The molecule has 4 nitrogen and oxygen atoms in total. The number of anilines is 1. The van der Waals surface area contributed by atoms with E-state index in [-0.39, 0.29) is 0 Å². The summed E-state index contributed by atoms with van der Waals surface area (Å²) in [6.45, 7) is 3.49. The highest BCUT2D eigenvalue weighted by Crippen LogP contribution is 2.25. The third kappa shape index (κ3) is 2.69. The van der Waals surface area contributed by atoms with Crippen LogP contribution in [0.25, 0.3) is 0 Å². The molecule has 2 saturated heterocycles. The van der Waals surface area contributed by atoms with Crippen LogP contribution in [0.5, 0.6) is 0 Å². The zero-order valence-corrected chi connectivity index (χ0v) is 12.6. The van der Waals surface area contributed by atoms with Crippen LogP contribution in [0.3, 0.4) is 0 Å². The van der Waals surface area contributed by atoms with E-state index in [0.717, 1.165) is 31.6 Å². The minimum Gasteiger partial charge on any atom is -0.372 e. The van der Waals surface area contributed by atoms with Gasteiger partial charge in [0.1, 0.15) is 0 Å². The van der Waals surface area contributed by atoms with E-state index >= 15 is 0 Å². The van der Waals surface area contributed by atoms with E-state index in [2.05, 4.69) is 4.90 Å². The summed E-state index contributed by atoms with van der Waals surface area (Å²) in [5.41, 5.74) is 1.14. The average molecular weight is 294 g/mol. The molecular formula is C15H22N2O2S. The Bertz CT molecular complexity index is 542. The Hall–Kier alpha value is -1.07. The summed E-state index contributed by atoms with van der Waals surface area (Å²) in [4.78, 5) is 2.77.